The predicted molar refractivity (Wildman–Crippen MR) is 69.8 cm³/mol. The number of ether oxygens (including phenoxy) is 2. The van der Waals surface area contributed by atoms with Crippen LogP contribution in [-0.2, 0) is 14.3 Å². The number of nitrogens with one attached hydrogen (secondary N) is 1. The summed E-state index contributed by atoms with van der Waals surface area (Å²) in [6.07, 6.45) is 0.970. The second-order valence-electron chi connectivity index (χ2n) is 4.79. The Morgan fingerprint density at radius 3 is 2.50 bits per heavy atom. The number of methoxy groups -OCH3 is 2. The summed E-state index contributed by atoms with van der Waals surface area (Å²) in [5, 5.41) is 2.66. The van der Waals surface area contributed by atoms with E-state index in [4.69, 9.17) is 5.73 Å². The van der Waals surface area contributed by atoms with E-state index in [2.05, 4.69) is 14.8 Å². The van der Waals surface area contributed by atoms with Crippen LogP contribution in [0.2, 0.25) is 0 Å². The van der Waals surface area contributed by atoms with Gasteiger partial charge in [0.25, 0.3) is 0 Å². The number of hydrogen-bond donors (Lipinski definition) is 2. The fourth-order valence-electron chi connectivity index (χ4n) is 2.35. The molecule has 20 heavy (non-hydrogen) atoms. The van der Waals surface area contributed by atoms with Crippen LogP contribution in [0.4, 0.5) is 9.59 Å². The lowest BCUT2D eigenvalue weighted by Crippen LogP contribution is -2.54. The highest BCUT2D eigenvalue weighted by Crippen LogP contribution is 2.21. The van der Waals surface area contributed by atoms with Gasteiger partial charge >= 0.3 is 18.1 Å². The maximum Gasteiger partial charge on any atom is 0.407 e. The molecular formula is C12H21N3O5. The Morgan fingerprint density at radius 2 is 1.95 bits per heavy atom. The van der Waals surface area contributed by atoms with Gasteiger partial charge in [-0.05, 0) is 18.8 Å². The molecule has 0 bridgehead atoms. The van der Waals surface area contributed by atoms with Crippen molar-refractivity contribution in [2.24, 2.45) is 11.7 Å². The van der Waals surface area contributed by atoms with Gasteiger partial charge in [0, 0.05) is 19.5 Å². The minimum Gasteiger partial charge on any atom is -0.469 e. The molecule has 2 unspecified atom stereocenters. The number of esters is 1. The van der Waals surface area contributed by atoms with Crippen LogP contribution in [0.1, 0.15) is 19.3 Å². The van der Waals surface area contributed by atoms with Crippen LogP contribution < -0.4 is 11.1 Å². The van der Waals surface area contributed by atoms with Crippen LogP contribution in [0.5, 0.6) is 0 Å². The number of alkyl carbamates (subject to hydrolysis) is 1. The van der Waals surface area contributed by atoms with Crippen molar-refractivity contribution in [3.8, 4) is 0 Å². The molecule has 3 N–H and O–H groups in total. The molecule has 0 aromatic carbocycles. The lowest BCUT2D eigenvalue weighted by atomic mass is 9.90. The van der Waals surface area contributed by atoms with E-state index in [1.54, 1.807) is 0 Å². The van der Waals surface area contributed by atoms with Crippen LogP contribution in [0.25, 0.3) is 0 Å². The Labute approximate surface area is 117 Å². The Kier molecular flexibility index (Phi) is 6.08. The topological polar surface area (TPSA) is 111 Å². The third-order valence-corrected chi connectivity index (χ3v) is 3.34. The number of primary amides is 1. The monoisotopic (exact) mass is 287 g/mol. The van der Waals surface area contributed by atoms with Gasteiger partial charge in [0.2, 0.25) is 0 Å². The second-order valence-corrected chi connectivity index (χ2v) is 4.79. The average Bonchev–Trinajstić information content (AvgIpc) is 2.44. The van der Waals surface area contributed by atoms with Gasteiger partial charge in [-0.2, -0.15) is 0 Å². The van der Waals surface area contributed by atoms with Crippen molar-refractivity contribution in [1.82, 2.24) is 10.2 Å². The normalized spacial score (nSPS) is 22.0. The molecule has 0 aromatic heterocycles. The summed E-state index contributed by atoms with van der Waals surface area (Å²) >= 11 is 0. The van der Waals surface area contributed by atoms with Gasteiger partial charge in [-0.25, -0.2) is 9.59 Å². The van der Waals surface area contributed by atoms with E-state index in [0.717, 1.165) is 0 Å². The number of hydrogen-bond acceptors (Lipinski definition) is 5. The molecule has 0 saturated carbocycles. The maximum absolute atomic E-state index is 11.3. The summed E-state index contributed by atoms with van der Waals surface area (Å²) in [5.74, 6) is -0.212. The van der Waals surface area contributed by atoms with Crippen molar-refractivity contribution >= 4 is 18.1 Å². The first-order valence-corrected chi connectivity index (χ1v) is 6.42. The zero-order valence-electron chi connectivity index (χ0n) is 11.8. The first-order valence-electron chi connectivity index (χ1n) is 6.42. The number of piperidine rings is 1. The molecule has 114 valence electrons. The molecule has 2 atom stereocenters. The lowest BCUT2D eigenvalue weighted by molar-refractivity contribution is -0.141. The Hall–Kier alpha value is -1.99. The third-order valence-electron chi connectivity index (χ3n) is 3.34. The van der Waals surface area contributed by atoms with Gasteiger partial charge in [-0.3, -0.25) is 4.79 Å². The summed E-state index contributed by atoms with van der Waals surface area (Å²) in [6, 6.07) is -0.768. The number of likely N-dealkylation sites (tertiary alicyclic amines) is 1. The van der Waals surface area contributed by atoms with Crippen LogP contribution in [-0.4, -0.2) is 56.3 Å². The SMILES string of the molecule is COC(=O)CCC1CC(NC(=O)OC)CN(C(N)=O)C1. The standard InChI is InChI=1S/C12H21N3O5/c1-19-10(16)4-3-8-5-9(14-12(18)20-2)7-15(6-8)11(13)17/h8-9H,3-7H2,1-2H3,(H2,13,17)(H,14,18). The maximum atomic E-state index is 11.3. The van der Waals surface area contributed by atoms with Gasteiger partial charge in [0.15, 0.2) is 0 Å². The lowest BCUT2D eigenvalue weighted by Gasteiger charge is -2.36. The molecule has 8 nitrogen and oxygen atoms in total. The van der Waals surface area contributed by atoms with Crippen molar-refractivity contribution < 1.29 is 23.9 Å². The Bertz CT molecular complexity index is 374. The summed E-state index contributed by atoms with van der Waals surface area (Å²) in [4.78, 5) is 35.2. The fraction of sp³-hybridized carbons (Fsp3) is 0.750. The molecule has 0 aromatic rings. The summed E-state index contributed by atoms with van der Waals surface area (Å²) in [5.41, 5.74) is 5.29. The van der Waals surface area contributed by atoms with Gasteiger partial charge < -0.3 is 25.4 Å². The number of rotatable bonds is 4. The molecule has 0 radical (unpaired) electrons. The molecule has 1 heterocycles. The van der Waals surface area contributed by atoms with E-state index < -0.39 is 12.1 Å². The molecule has 1 aliphatic heterocycles. The van der Waals surface area contributed by atoms with E-state index >= 15 is 0 Å². The molecule has 0 aliphatic carbocycles. The van der Waals surface area contributed by atoms with Crippen LogP contribution in [0.15, 0.2) is 0 Å². The summed E-state index contributed by atoms with van der Waals surface area (Å²) < 4.78 is 9.13. The van der Waals surface area contributed by atoms with E-state index in [0.29, 0.717) is 25.9 Å². The first-order chi connectivity index (χ1) is 9.46. The molecule has 0 spiro atoms. The summed E-state index contributed by atoms with van der Waals surface area (Å²) in [6.45, 7) is 0.824. The van der Waals surface area contributed by atoms with E-state index in [9.17, 15) is 14.4 Å². The molecule has 1 aliphatic rings. The van der Waals surface area contributed by atoms with Crippen LogP contribution in [0.3, 0.4) is 0 Å². The molecule has 3 amide bonds. The van der Waals surface area contributed by atoms with Crippen molar-refractivity contribution in [1.29, 1.82) is 0 Å². The van der Waals surface area contributed by atoms with Gasteiger partial charge in [-0.15, -0.1) is 0 Å². The van der Waals surface area contributed by atoms with Crippen LogP contribution in [0, 0.1) is 5.92 Å². The largest absolute Gasteiger partial charge is 0.469 e. The number of amides is 3. The second kappa shape index (κ2) is 7.56. The summed E-state index contributed by atoms with van der Waals surface area (Å²) in [7, 11) is 2.61. The highest BCUT2D eigenvalue weighted by molar-refractivity contribution is 5.72. The number of nitrogens with zero attached hydrogens (tertiary/aromatic N) is 1. The number of nitrogens with two attached hydrogens (primary N) is 1. The number of carbonyl (C=O) groups is 3. The molecular weight excluding hydrogens is 266 g/mol. The van der Waals surface area contributed by atoms with E-state index in [1.807, 2.05) is 0 Å². The number of carbonyl (C=O) groups excluding carboxylic acids is 3. The van der Waals surface area contributed by atoms with Crippen LogP contribution >= 0.6 is 0 Å². The highest BCUT2D eigenvalue weighted by atomic mass is 16.5. The smallest absolute Gasteiger partial charge is 0.407 e. The minimum atomic E-state index is -0.548. The van der Waals surface area contributed by atoms with E-state index in [-0.39, 0.29) is 24.3 Å². The average molecular weight is 287 g/mol. The minimum absolute atomic E-state index is 0.0810. The molecule has 8 heteroatoms. The molecule has 1 fully saturated rings. The van der Waals surface area contributed by atoms with Gasteiger partial charge in [0.1, 0.15) is 0 Å². The molecule has 1 rings (SSSR count). The predicted octanol–water partition coefficient (Wildman–Crippen LogP) is 0.0648. The van der Waals surface area contributed by atoms with Crippen molar-refractivity contribution in [2.75, 3.05) is 27.3 Å². The van der Waals surface area contributed by atoms with Gasteiger partial charge in [-0.1, -0.05) is 0 Å². The van der Waals surface area contributed by atoms with Crippen molar-refractivity contribution in [3.63, 3.8) is 0 Å². The first kappa shape index (κ1) is 16.1. The third kappa shape index (κ3) is 4.94. The van der Waals surface area contributed by atoms with E-state index in [1.165, 1.54) is 19.1 Å². The zero-order chi connectivity index (χ0) is 15.1. The van der Waals surface area contributed by atoms with Gasteiger partial charge in [0.05, 0.1) is 20.3 Å². The molecule has 1 saturated heterocycles. The Morgan fingerprint density at radius 1 is 1.25 bits per heavy atom. The quantitative estimate of drug-likeness (QED) is 0.710. The number of urea groups is 1. The van der Waals surface area contributed by atoms with Crippen molar-refractivity contribution in [2.45, 2.75) is 25.3 Å². The fourth-order valence-corrected chi connectivity index (χ4v) is 2.35. The van der Waals surface area contributed by atoms with Crippen molar-refractivity contribution in [3.05, 3.63) is 0 Å². The zero-order valence-corrected chi connectivity index (χ0v) is 11.8. The highest BCUT2D eigenvalue weighted by Gasteiger charge is 2.30. The Balaban J connectivity index is 2.58.